The molecule has 2 N–H and O–H groups in total. The predicted octanol–water partition coefficient (Wildman–Crippen LogP) is 1.94. The molecule has 0 heterocycles. The number of hydrogen-bond donors (Lipinski definition) is 2. The third-order valence-corrected chi connectivity index (χ3v) is 1.96. The summed E-state index contributed by atoms with van der Waals surface area (Å²) in [5.41, 5.74) is 1.24. The summed E-state index contributed by atoms with van der Waals surface area (Å²) in [4.78, 5) is 11.2. The Morgan fingerprint density at radius 2 is 1.93 bits per heavy atom. The molecular weight excluding hydrogens is 188 g/mol. The van der Waals surface area contributed by atoms with Crippen molar-refractivity contribution < 1.29 is 4.79 Å². The minimum absolute atomic E-state index is 0.0964. The van der Waals surface area contributed by atoms with E-state index in [9.17, 15) is 4.79 Å². The van der Waals surface area contributed by atoms with E-state index >= 15 is 0 Å². The van der Waals surface area contributed by atoms with E-state index < -0.39 is 0 Å². The monoisotopic (exact) mass is 206 g/mol. The zero-order valence-electron chi connectivity index (χ0n) is 9.29. The Kier molecular flexibility index (Phi) is 4.68. The van der Waals surface area contributed by atoms with Crippen LogP contribution in [0.5, 0.6) is 0 Å². The summed E-state index contributed by atoms with van der Waals surface area (Å²) in [6, 6.07) is 10.2. The van der Waals surface area contributed by atoms with E-state index in [1.54, 1.807) is 0 Å². The molecule has 0 saturated heterocycles. The molecule has 0 saturated carbocycles. The molecule has 15 heavy (non-hydrogen) atoms. The summed E-state index contributed by atoms with van der Waals surface area (Å²) < 4.78 is 0. The minimum atomic E-state index is -0.0964. The Balaban J connectivity index is 2.19. The van der Waals surface area contributed by atoms with Crippen LogP contribution in [-0.4, -0.2) is 18.6 Å². The molecule has 0 aliphatic rings. The maximum Gasteiger partial charge on any atom is 0.314 e. The molecule has 2 amide bonds. The van der Waals surface area contributed by atoms with Gasteiger partial charge in [0.1, 0.15) is 0 Å². The second-order valence-corrected chi connectivity index (χ2v) is 3.79. The molecule has 0 fully saturated rings. The van der Waals surface area contributed by atoms with Crippen LogP contribution >= 0.6 is 0 Å². The summed E-state index contributed by atoms with van der Waals surface area (Å²) in [7, 11) is 0. The summed E-state index contributed by atoms with van der Waals surface area (Å²) in [6.07, 6.45) is 0.867. The van der Waals surface area contributed by atoms with E-state index in [1.165, 1.54) is 5.56 Å². The highest BCUT2D eigenvalue weighted by Crippen LogP contribution is 1.97. The highest BCUT2D eigenvalue weighted by Gasteiger charge is 2.00. The van der Waals surface area contributed by atoms with Crippen LogP contribution in [0.1, 0.15) is 19.4 Å². The van der Waals surface area contributed by atoms with Gasteiger partial charge in [-0.1, -0.05) is 30.3 Å². The van der Waals surface area contributed by atoms with Gasteiger partial charge >= 0.3 is 6.03 Å². The minimum Gasteiger partial charge on any atom is -0.338 e. The zero-order chi connectivity index (χ0) is 11.1. The highest BCUT2D eigenvalue weighted by molar-refractivity contribution is 5.74. The smallest absolute Gasteiger partial charge is 0.314 e. The lowest BCUT2D eigenvalue weighted by Crippen LogP contribution is -2.40. The second-order valence-electron chi connectivity index (χ2n) is 3.79. The summed E-state index contributed by atoms with van der Waals surface area (Å²) in [5, 5.41) is 5.59. The first-order valence-electron chi connectivity index (χ1n) is 5.27. The van der Waals surface area contributed by atoms with Gasteiger partial charge in [-0.2, -0.15) is 0 Å². The van der Waals surface area contributed by atoms with Crippen molar-refractivity contribution in [2.75, 3.05) is 6.54 Å². The van der Waals surface area contributed by atoms with Crippen molar-refractivity contribution in [3.63, 3.8) is 0 Å². The van der Waals surface area contributed by atoms with Crippen molar-refractivity contribution >= 4 is 6.03 Å². The molecule has 1 aromatic carbocycles. The Bertz CT molecular complexity index is 296. The molecule has 0 aliphatic heterocycles. The summed E-state index contributed by atoms with van der Waals surface area (Å²) in [5.74, 6) is 0. The molecule has 3 nitrogen and oxygen atoms in total. The van der Waals surface area contributed by atoms with Crippen LogP contribution in [0.15, 0.2) is 30.3 Å². The predicted molar refractivity (Wildman–Crippen MR) is 61.8 cm³/mol. The molecule has 1 aromatic rings. The molecule has 0 aromatic heterocycles. The van der Waals surface area contributed by atoms with Crippen LogP contribution in [-0.2, 0) is 6.42 Å². The van der Waals surface area contributed by atoms with Gasteiger partial charge in [-0.05, 0) is 25.8 Å². The van der Waals surface area contributed by atoms with Crippen LogP contribution in [0, 0.1) is 0 Å². The van der Waals surface area contributed by atoms with E-state index in [0.717, 1.165) is 6.42 Å². The van der Waals surface area contributed by atoms with E-state index in [2.05, 4.69) is 22.8 Å². The average molecular weight is 206 g/mol. The largest absolute Gasteiger partial charge is 0.338 e. The van der Waals surface area contributed by atoms with Crippen molar-refractivity contribution in [3.8, 4) is 0 Å². The number of hydrogen-bond acceptors (Lipinski definition) is 1. The van der Waals surface area contributed by atoms with Gasteiger partial charge in [0.25, 0.3) is 0 Å². The van der Waals surface area contributed by atoms with Gasteiger partial charge in [0, 0.05) is 12.6 Å². The molecule has 0 spiro atoms. The van der Waals surface area contributed by atoms with Gasteiger partial charge in [0.2, 0.25) is 0 Å². The molecule has 3 heteroatoms. The zero-order valence-corrected chi connectivity index (χ0v) is 9.29. The van der Waals surface area contributed by atoms with Crippen molar-refractivity contribution in [1.29, 1.82) is 0 Å². The molecule has 1 rings (SSSR count). The fourth-order valence-corrected chi connectivity index (χ4v) is 1.28. The van der Waals surface area contributed by atoms with Gasteiger partial charge in [-0.15, -0.1) is 0 Å². The molecule has 0 unspecified atom stereocenters. The molecule has 82 valence electrons. The average Bonchev–Trinajstić information content (AvgIpc) is 2.18. The maximum atomic E-state index is 11.2. The van der Waals surface area contributed by atoms with Crippen molar-refractivity contribution in [1.82, 2.24) is 10.6 Å². The number of nitrogens with one attached hydrogen (secondary N) is 2. The lowest BCUT2D eigenvalue weighted by molar-refractivity contribution is 0.238. The molecule has 0 atom stereocenters. The number of carbonyl (C=O) groups is 1. The Morgan fingerprint density at radius 3 is 2.53 bits per heavy atom. The van der Waals surface area contributed by atoms with Crippen molar-refractivity contribution in [2.45, 2.75) is 26.3 Å². The SMILES string of the molecule is CC(C)NC(=O)NCCc1ccccc1. The molecular formula is C12H18N2O. The lowest BCUT2D eigenvalue weighted by Gasteiger charge is -2.09. The van der Waals surface area contributed by atoms with E-state index in [-0.39, 0.29) is 12.1 Å². The summed E-state index contributed by atoms with van der Waals surface area (Å²) in [6.45, 7) is 4.55. The normalized spacial score (nSPS) is 10.1. The number of amides is 2. The van der Waals surface area contributed by atoms with Gasteiger partial charge in [0.15, 0.2) is 0 Å². The quantitative estimate of drug-likeness (QED) is 0.776. The maximum absolute atomic E-state index is 11.2. The first-order valence-corrected chi connectivity index (χ1v) is 5.27. The lowest BCUT2D eigenvalue weighted by atomic mass is 10.1. The molecule has 0 radical (unpaired) electrons. The van der Waals surface area contributed by atoms with Crippen LogP contribution in [0.25, 0.3) is 0 Å². The number of urea groups is 1. The van der Waals surface area contributed by atoms with Crippen LogP contribution in [0.2, 0.25) is 0 Å². The standard InChI is InChI=1S/C12H18N2O/c1-10(2)14-12(15)13-9-8-11-6-4-3-5-7-11/h3-7,10H,8-9H2,1-2H3,(H2,13,14,15). The second kappa shape index (κ2) is 6.06. The van der Waals surface area contributed by atoms with Crippen molar-refractivity contribution in [2.24, 2.45) is 0 Å². The van der Waals surface area contributed by atoms with E-state index in [1.807, 2.05) is 32.0 Å². The van der Waals surface area contributed by atoms with Crippen LogP contribution < -0.4 is 10.6 Å². The third-order valence-electron chi connectivity index (χ3n) is 1.96. The fourth-order valence-electron chi connectivity index (χ4n) is 1.28. The Morgan fingerprint density at radius 1 is 1.27 bits per heavy atom. The molecule has 0 bridgehead atoms. The topological polar surface area (TPSA) is 41.1 Å². The van der Waals surface area contributed by atoms with E-state index in [0.29, 0.717) is 6.54 Å². The van der Waals surface area contributed by atoms with Crippen LogP contribution in [0.4, 0.5) is 4.79 Å². The van der Waals surface area contributed by atoms with E-state index in [4.69, 9.17) is 0 Å². The highest BCUT2D eigenvalue weighted by atomic mass is 16.2. The number of carbonyl (C=O) groups excluding carboxylic acids is 1. The number of rotatable bonds is 4. The molecule has 0 aliphatic carbocycles. The first-order chi connectivity index (χ1) is 7.18. The first kappa shape index (κ1) is 11.6. The van der Waals surface area contributed by atoms with Gasteiger partial charge < -0.3 is 10.6 Å². The third kappa shape index (κ3) is 5.05. The fraction of sp³-hybridized carbons (Fsp3) is 0.417. The van der Waals surface area contributed by atoms with Gasteiger partial charge in [-0.3, -0.25) is 0 Å². The summed E-state index contributed by atoms with van der Waals surface area (Å²) >= 11 is 0. The van der Waals surface area contributed by atoms with Gasteiger partial charge in [-0.25, -0.2) is 4.79 Å². The van der Waals surface area contributed by atoms with Crippen molar-refractivity contribution in [3.05, 3.63) is 35.9 Å². The number of benzene rings is 1. The Hall–Kier alpha value is -1.51. The van der Waals surface area contributed by atoms with Gasteiger partial charge in [0.05, 0.1) is 0 Å². The van der Waals surface area contributed by atoms with Crippen LogP contribution in [0.3, 0.4) is 0 Å². The Labute approximate surface area is 90.9 Å².